The van der Waals surface area contributed by atoms with Crippen LogP contribution < -0.4 is 4.90 Å². The van der Waals surface area contributed by atoms with Crippen LogP contribution in [0.1, 0.15) is 41.9 Å². The number of halogens is 3. The fourth-order valence-corrected chi connectivity index (χ4v) is 2.66. The predicted molar refractivity (Wildman–Crippen MR) is 82.3 cm³/mol. The molecule has 26 heavy (non-hydrogen) atoms. The Kier molecular flexibility index (Phi) is 5.69. The minimum Gasteiger partial charge on any atom is -0.462 e. The number of carbonyl (C=O) groups excluding carboxylic acids is 2. The van der Waals surface area contributed by atoms with Gasteiger partial charge in [0.1, 0.15) is 18.0 Å². The van der Waals surface area contributed by atoms with Crippen LogP contribution in [-0.4, -0.2) is 42.7 Å². The van der Waals surface area contributed by atoms with E-state index >= 15 is 0 Å². The number of esters is 2. The number of aromatic nitrogens is 1. The van der Waals surface area contributed by atoms with Gasteiger partial charge in [0.15, 0.2) is 5.69 Å². The highest BCUT2D eigenvalue weighted by molar-refractivity contribution is 5.92. The van der Waals surface area contributed by atoms with Crippen molar-refractivity contribution in [2.24, 2.45) is 0 Å². The molecule has 1 aromatic rings. The normalized spacial score (nSPS) is 16.9. The van der Waals surface area contributed by atoms with Gasteiger partial charge in [-0.2, -0.15) is 18.4 Å². The number of carbonyl (C=O) groups is 2. The highest BCUT2D eigenvalue weighted by Crippen LogP contribution is 2.35. The van der Waals surface area contributed by atoms with Crippen LogP contribution in [-0.2, 0) is 20.4 Å². The summed E-state index contributed by atoms with van der Waals surface area (Å²) in [6, 6.07) is 2.59. The van der Waals surface area contributed by atoms with Crippen LogP contribution in [0.3, 0.4) is 0 Å². The number of rotatable bonds is 4. The Morgan fingerprint density at radius 2 is 2.15 bits per heavy atom. The summed E-state index contributed by atoms with van der Waals surface area (Å²) in [5.41, 5.74) is -2.42. The van der Waals surface area contributed by atoms with Crippen molar-refractivity contribution in [3.05, 3.63) is 22.9 Å². The maximum absolute atomic E-state index is 13.4. The van der Waals surface area contributed by atoms with E-state index in [1.54, 1.807) is 6.07 Å². The third-order valence-corrected chi connectivity index (χ3v) is 3.66. The number of nitrogens with zero attached hydrogens (tertiary/aromatic N) is 3. The van der Waals surface area contributed by atoms with E-state index in [1.165, 1.54) is 18.7 Å². The molecule has 1 atom stereocenters. The van der Waals surface area contributed by atoms with Crippen molar-refractivity contribution in [1.82, 2.24) is 4.98 Å². The average Bonchev–Trinajstić information content (AvgIpc) is 3.00. The van der Waals surface area contributed by atoms with Crippen molar-refractivity contribution in [2.75, 3.05) is 24.6 Å². The van der Waals surface area contributed by atoms with E-state index in [0.717, 1.165) is 6.07 Å². The molecule has 0 amide bonds. The molecular weight excluding hydrogens is 355 g/mol. The molecular formula is C16H16F3N3O4. The Morgan fingerprint density at radius 3 is 2.69 bits per heavy atom. The lowest BCUT2D eigenvalue weighted by atomic mass is 10.1. The van der Waals surface area contributed by atoms with Crippen molar-refractivity contribution in [3.63, 3.8) is 0 Å². The molecule has 0 aliphatic carbocycles. The Bertz CT molecular complexity index is 758. The van der Waals surface area contributed by atoms with Gasteiger partial charge in [0.25, 0.3) is 0 Å². The fourth-order valence-electron chi connectivity index (χ4n) is 2.66. The van der Waals surface area contributed by atoms with Crippen LogP contribution >= 0.6 is 0 Å². The van der Waals surface area contributed by atoms with E-state index < -0.39 is 35.5 Å². The lowest BCUT2D eigenvalue weighted by Crippen LogP contribution is -2.27. The number of pyridine rings is 1. The summed E-state index contributed by atoms with van der Waals surface area (Å²) in [5, 5.41) is 9.28. The van der Waals surface area contributed by atoms with Crippen LogP contribution in [0.4, 0.5) is 19.0 Å². The highest BCUT2D eigenvalue weighted by Gasteiger charge is 2.40. The van der Waals surface area contributed by atoms with E-state index in [4.69, 9.17) is 4.74 Å². The third-order valence-electron chi connectivity index (χ3n) is 3.66. The molecule has 2 rings (SSSR count). The van der Waals surface area contributed by atoms with Crippen LogP contribution in [0.5, 0.6) is 0 Å². The number of alkyl halides is 3. The smallest absolute Gasteiger partial charge is 0.434 e. The Balaban J connectivity index is 2.46. The van der Waals surface area contributed by atoms with E-state index in [-0.39, 0.29) is 31.1 Å². The Hall–Kier alpha value is -2.83. The molecule has 1 aromatic heterocycles. The van der Waals surface area contributed by atoms with Crippen molar-refractivity contribution in [2.45, 2.75) is 32.5 Å². The summed E-state index contributed by atoms with van der Waals surface area (Å²) < 4.78 is 49.7. The lowest BCUT2D eigenvalue weighted by Gasteiger charge is -2.21. The number of hydrogen-bond acceptors (Lipinski definition) is 7. The monoisotopic (exact) mass is 371 g/mol. The van der Waals surface area contributed by atoms with Gasteiger partial charge in [0.05, 0.1) is 24.3 Å². The minimum absolute atomic E-state index is 0.108. The van der Waals surface area contributed by atoms with E-state index in [9.17, 15) is 28.0 Å². The summed E-state index contributed by atoms with van der Waals surface area (Å²) in [6.07, 6.45) is -5.01. The molecule has 10 heteroatoms. The van der Waals surface area contributed by atoms with Crippen LogP contribution in [0.15, 0.2) is 6.07 Å². The Morgan fingerprint density at radius 1 is 1.46 bits per heavy atom. The van der Waals surface area contributed by atoms with Gasteiger partial charge in [-0.15, -0.1) is 0 Å². The number of anilines is 1. The van der Waals surface area contributed by atoms with E-state index in [2.05, 4.69) is 9.72 Å². The molecule has 140 valence electrons. The van der Waals surface area contributed by atoms with Crippen LogP contribution in [0.25, 0.3) is 0 Å². The SMILES string of the molecule is CCOC(=O)c1cc(C#N)c(N2CCC(OC(C)=O)C2)nc1C(F)(F)F. The first kappa shape index (κ1) is 19.5. The lowest BCUT2D eigenvalue weighted by molar-refractivity contribution is -0.145. The maximum Gasteiger partial charge on any atom is 0.434 e. The molecule has 0 radical (unpaired) electrons. The van der Waals surface area contributed by atoms with Crippen molar-refractivity contribution in [3.8, 4) is 6.07 Å². The second-order valence-electron chi connectivity index (χ2n) is 5.55. The van der Waals surface area contributed by atoms with Gasteiger partial charge in [-0.05, 0) is 13.0 Å². The van der Waals surface area contributed by atoms with E-state index in [0.29, 0.717) is 6.42 Å². The zero-order valence-electron chi connectivity index (χ0n) is 14.1. The van der Waals surface area contributed by atoms with E-state index in [1.807, 2.05) is 0 Å². The van der Waals surface area contributed by atoms with Crippen molar-refractivity contribution in [1.29, 1.82) is 5.26 Å². The second kappa shape index (κ2) is 7.59. The Labute approximate surface area is 147 Å². The first-order chi connectivity index (χ1) is 12.2. The first-order valence-corrected chi connectivity index (χ1v) is 7.79. The van der Waals surface area contributed by atoms with Gasteiger partial charge in [0, 0.05) is 19.9 Å². The molecule has 2 heterocycles. The molecule has 0 aromatic carbocycles. The van der Waals surface area contributed by atoms with Crippen LogP contribution in [0.2, 0.25) is 0 Å². The fraction of sp³-hybridized carbons (Fsp3) is 0.500. The second-order valence-corrected chi connectivity index (χ2v) is 5.55. The molecule has 1 unspecified atom stereocenters. The first-order valence-electron chi connectivity index (χ1n) is 7.79. The van der Waals surface area contributed by atoms with Gasteiger partial charge >= 0.3 is 18.1 Å². The zero-order valence-corrected chi connectivity index (χ0v) is 14.1. The van der Waals surface area contributed by atoms with Gasteiger partial charge in [0.2, 0.25) is 0 Å². The molecule has 0 N–H and O–H groups in total. The number of ether oxygens (including phenoxy) is 2. The summed E-state index contributed by atoms with van der Waals surface area (Å²) >= 11 is 0. The maximum atomic E-state index is 13.4. The summed E-state index contributed by atoms with van der Waals surface area (Å²) in [4.78, 5) is 27.8. The molecule has 0 saturated carbocycles. The molecule has 0 spiro atoms. The predicted octanol–water partition coefficient (Wildman–Crippen LogP) is 2.29. The standard InChI is InChI=1S/C16H16F3N3O4/c1-3-25-15(24)12-6-10(7-20)14(21-13(12)16(17,18)19)22-5-4-11(8-22)26-9(2)23/h6,11H,3-5,8H2,1-2H3. The van der Waals surface area contributed by atoms with Gasteiger partial charge in [-0.25, -0.2) is 9.78 Å². The molecule has 0 bridgehead atoms. The minimum atomic E-state index is -4.90. The van der Waals surface area contributed by atoms with Gasteiger partial charge in [-0.1, -0.05) is 0 Å². The molecule has 7 nitrogen and oxygen atoms in total. The molecule has 1 aliphatic heterocycles. The average molecular weight is 371 g/mol. The highest BCUT2D eigenvalue weighted by atomic mass is 19.4. The summed E-state index contributed by atoms with van der Waals surface area (Å²) in [6.45, 7) is 2.94. The molecule has 1 saturated heterocycles. The van der Waals surface area contributed by atoms with Gasteiger partial charge < -0.3 is 14.4 Å². The quantitative estimate of drug-likeness (QED) is 0.750. The molecule has 1 fully saturated rings. The van der Waals surface area contributed by atoms with Gasteiger partial charge in [-0.3, -0.25) is 4.79 Å². The van der Waals surface area contributed by atoms with Crippen LogP contribution in [0, 0.1) is 11.3 Å². The third kappa shape index (κ3) is 4.22. The largest absolute Gasteiger partial charge is 0.462 e. The topological polar surface area (TPSA) is 92.5 Å². The van der Waals surface area contributed by atoms with Crippen molar-refractivity contribution >= 4 is 17.8 Å². The number of hydrogen-bond donors (Lipinski definition) is 0. The summed E-state index contributed by atoms with van der Waals surface area (Å²) in [7, 11) is 0. The molecule has 1 aliphatic rings. The van der Waals surface area contributed by atoms with Crippen molar-refractivity contribution < 1.29 is 32.2 Å². The zero-order chi connectivity index (χ0) is 19.5. The number of nitriles is 1. The summed E-state index contributed by atoms with van der Waals surface area (Å²) in [5.74, 6) is -1.91.